The largest absolute Gasteiger partial charge is 0.497 e. The third-order valence-corrected chi connectivity index (χ3v) is 7.73. The Morgan fingerprint density at radius 1 is 1.14 bits per heavy atom. The molecule has 0 aliphatic carbocycles. The molecule has 0 unspecified atom stereocenters. The Kier molecular flexibility index (Phi) is 8.56. The van der Waals surface area contributed by atoms with Crippen LogP contribution in [0.4, 0.5) is 10.5 Å². The van der Waals surface area contributed by atoms with Crippen LogP contribution >= 0.6 is 0 Å². The standard InChI is InChI=1S/C32H39N7O4/c1-19-29(20(2)38(6)36-19)30-24(18-28-31(40)25-16-21(35-32(41)33-3)8-11-27(25)43-28)23-17-22(42-7)9-10-26(23)39(30)15-13-34-12-14-37(4)5/h8-11,16-18,34H,12-15H2,1-7H3,(H2,33,35,41)/b28-18-. The number of ether oxygens (including phenoxy) is 2. The van der Waals surface area contributed by atoms with Gasteiger partial charge in [-0.15, -0.1) is 0 Å². The molecule has 1 aliphatic rings. The number of anilines is 1. The Bertz CT molecular complexity index is 1730. The first kappa shape index (κ1) is 29.9. The van der Waals surface area contributed by atoms with Gasteiger partial charge in [-0.3, -0.25) is 9.48 Å². The molecule has 5 rings (SSSR count). The summed E-state index contributed by atoms with van der Waals surface area (Å²) >= 11 is 0. The average molecular weight is 586 g/mol. The van der Waals surface area contributed by atoms with Gasteiger partial charge in [0.15, 0.2) is 5.76 Å². The number of hydrogen-bond donors (Lipinski definition) is 3. The number of benzene rings is 2. The Morgan fingerprint density at radius 2 is 1.93 bits per heavy atom. The molecule has 0 atom stereocenters. The molecule has 3 heterocycles. The molecule has 0 spiro atoms. The second kappa shape index (κ2) is 12.3. The predicted octanol–water partition coefficient (Wildman–Crippen LogP) is 4.19. The SMILES string of the molecule is CNC(=O)Nc1ccc2c(c1)C(=O)/C(=C/c1c(-c3c(C)nn(C)c3C)n(CCNCCN(C)C)c3ccc(OC)cc13)O2. The lowest BCUT2D eigenvalue weighted by Gasteiger charge is -2.15. The van der Waals surface area contributed by atoms with E-state index in [9.17, 15) is 9.59 Å². The average Bonchev–Trinajstić information content (AvgIpc) is 3.55. The Morgan fingerprint density at radius 3 is 2.60 bits per heavy atom. The van der Waals surface area contributed by atoms with Crippen molar-refractivity contribution in [3.8, 4) is 22.8 Å². The van der Waals surface area contributed by atoms with Crippen molar-refractivity contribution >= 4 is 34.5 Å². The zero-order chi connectivity index (χ0) is 30.8. The van der Waals surface area contributed by atoms with Gasteiger partial charge < -0.3 is 34.9 Å². The molecular formula is C32H39N7O4. The fraction of sp³-hybridized carbons (Fsp3) is 0.344. The molecule has 0 bridgehead atoms. The van der Waals surface area contributed by atoms with Crippen LogP contribution in [0, 0.1) is 13.8 Å². The van der Waals surface area contributed by atoms with E-state index < -0.39 is 0 Å². The van der Waals surface area contributed by atoms with Crippen molar-refractivity contribution in [1.29, 1.82) is 0 Å². The van der Waals surface area contributed by atoms with Crippen molar-refractivity contribution in [1.82, 2.24) is 29.9 Å². The number of allylic oxidation sites excluding steroid dienone is 1. The van der Waals surface area contributed by atoms with Gasteiger partial charge in [0.25, 0.3) is 0 Å². The van der Waals surface area contributed by atoms with Gasteiger partial charge in [0, 0.05) is 73.7 Å². The van der Waals surface area contributed by atoms with E-state index in [2.05, 4.69) is 52.5 Å². The molecule has 0 fully saturated rings. The summed E-state index contributed by atoms with van der Waals surface area (Å²) in [5, 5.41) is 14.4. The number of aryl methyl sites for hydroxylation is 2. The minimum atomic E-state index is -0.369. The van der Waals surface area contributed by atoms with Crippen molar-refractivity contribution in [2.45, 2.75) is 20.4 Å². The van der Waals surface area contributed by atoms with E-state index in [1.165, 1.54) is 7.05 Å². The molecule has 11 nitrogen and oxygen atoms in total. The van der Waals surface area contributed by atoms with Crippen LogP contribution < -0.4 is 25.4 Å². The van der Waals surface area contributed by atoms with Crippen LogP contribution in [0.15, 0.2) is 42.2 Å². The van der Waals surface area contributed by atoms with E-state index in [-0.39, 0.29) is 17.6 Å². The van der Waals surface area contributed by atoms with E-state index in [1.807, 2.05) is 36.9 Å². The highest BCUT2D eigenvalue weighted by Crippen LogP contribution is 2.41. The molecule has 2 amide bonds. The topological polar surface area (TPSA) is 115 Å². The summed E-state index contributed by atoms with van der Waals surface area (Å²) in [5.74, 6) is 1.11. The first-order valence-electron chi connectivity index (χ1n) is 14.3. The molecule has 0 saturated carbocycles. The fourth-order valence-corrected chi connectivity index (χ4v) is 5.46. The highest BCUT2D eigenvalue weighted by atomic mass is 16.5. The van der Waals surface area contributed by atoms with Gasteiger partial charge >= 0.3 is 6.03 Å². The van der Waals surface area contributed by atoms with Crippen molar-refractivity contribution < 1.29 is 19.1 Å². The van der Waals surface area contributed by atoms with Gasteiger partial charge in [-0.05, 0) is 70.4 Å². The van der Waals surface area contributed by atoms with E-state index in [0.29, 0.717) is 29.3 Å². The molecule has 0 radical (unpaired) electrons. The summed E-state index contributed by atoms with van der Waals surface area (Å²) in [6.07, 6.45) is 1.83. The smallest absolute Gasteiger partial charge is 0.318 e. The number of aromatic nitrogens is 3. The number of methoxy groups -OCH3 is 1. The summed E-state index contributed by atoms with van der Waals surface area (Å²) in [5.41, 5.74) is 6.63. The monoisotopic (exact) mass is 585 g/mol. The normalized spacial score (nSPS) is 13.6. The fourth-order valence-electron chi connectivity index (χ4n) is 5.46. The lowest BCUT2D eigenvalue weighted by atomic mass is 10.0. The molecule has 0 saturated heterocycles. The van der Waals surface area contributed by atoms with Crippen LogP contribution in [-0.4, -0.2) is 78.9 Å². The zero-order valence-electron chi connectivity index (χ0n) is 25.8. The number of fused-ring (bicyclic) bond motifs is 2. The lowest BCUT2D eigenvalue weighted by Crippen LogP contribution is -2.29. The summed E-state index contributed by atoms with van der Waals surface area (Å²) in [7, 11) is 9.24. The Labute approximate surface area is 251 Å². The quantitative estimate of drug-likeness (QED) is 0.189. The van der Waals surface area contributed by atoms with Crippen LogP contribution in [0.3, 0.4) is 0 Å². The molecule has 226 valence electrons. The number of nitrogens with zero attached hydrogens (tertiary/aromatic N) is 4. The van der Waals surface area contributed by atoms with Gasteiger partial charge in [-0.2, -0.15) is 5.10 Å². The molecular weight excluding hydrogens is 546 g/mol. The van der Waals surface area contributed by atoms with Crippen molar-refractivity contribution in [2.24, 2.45) is 7.05 Å². The number of hydrogen-bond acceptors (Lipinski definition) is 7. The van der Waals surface area contributed by atoms with E-state index >= 15 is 0 Å². The highest BCUT2D eigenvalue weighted by Gasteiger charge is 2.30. The van der Waals surface area contributed by atoms with Crippen LogP contribution in [0.1, 0.15) is 27.3 Å². The van der Waals surface area contributed by atoms with Crippen LogP contribution in [-0.2, 0) is 13.6 Å². The van der Waals surface area contributed by atoms with Gasteiger partial charge in [-0.25, -0.2) is 4.79 Å². The number of amides is 2. The van der Waals surface area contributed by atoms with Crippen LogP contribution in [0.25, 0.3) is 28.2 Å². The molecule has 43 heavy (non-hydrogen) atoms. The van der Waals surface area contributed by atoms with Gasteiger partial charge in [0.2, 0.25) is 5.78 Å². The lowest BCUT2D eigenvalue weighted by molar-refractivity contribution is 0.101. The maximum absolute atomic E-state index is 13.7. The van der Waals surface area contributed by atoms with E-state index in [4.69, 9.17) is 14.6 Å². The zero-order valence-corrected chi connectivity index (χ0v) is 25.8. The molecule has 1 aliphatic heterocycles. The second-order valence-corrected chi connectivity index (χ2v) is 10.9. The Balaban J connectivity index is 1.65. The van der Waals surface area contributed by atoms with Crippen molar-refractivity contribution in [3.63, 3.8) is 0 Å². The van der Waals surface area contributed by atoms with Crippen molar-refractivity contribution in [3.05, 3.63) is 64.7 Å². The molecule has 2 aromatic heterocycles. The maximum Gasteiger partial charge on any atom is 0.318 e. The molecule has 2 aromatic carbocycles. The number of rotatable bonds is 10. The van der Waals surface area contributed by atoms with Crippen LogP contribution in [0.5, 0.6) is 11.5 Å². The number of likely N-dealkylation sites (N-methyl/N-ethyl adjacent to an activating group) is 1. The van der Waals surface area contributed by atoms with Crippen molar-refractivity contribution in [2.75, 3.05) is 53.2 Å². The minimum Gasteiger partial charge on any atom is -0.497 e. The summed E-state index contributed by atoms with van der Waals surface area (Å²) < 4.78 is 15.9. The highest BCUT2D eigenvalue weighted by molar-refractivity contribution is 6.16. The van der Waals surface area contributed by atoms with E-state index in [0.717, 1.165) is 58.7 Å². The predicted molar refractivity (Wildman–Crippen MR) is 169 cm³/mol. The molecule has 4 aromatic rings. The number of nitrogens with one attached hydrogen (secondary N) is 3. The van der Waals surface area contributed by atoms with Gasteiger partial charge in [0.05, 0.1) is 24.1 Å². The van der Waals surface area contributed by atoms with E-state index in [1.54, 1.807) is 25.3 Å². The molecule has 11 heteroatoms. The van der Waals surface area contributed by atoms with Gasteiger partial charge in [-0.1, -0.05) is 0 Å². The summed E-state index contributed by atoms with van der Waals surface area (Å²) in [6.45, 7) is 7.33. The number of Topliss-reactive ketones (excluding diaryl/α,β-unsaturated/α-hetero) is 1. The third kappa shape index (κ3) is 5.86. The summed E-state index contributed by atoms with van der Waals surface area (Å²) in [4.78, 5) is 27.7. The first-order valence-corrected chi connectivity index (χ1v) is 14.3. The minimum absolute atomic E-state index is 0.207. The summed E-state index contributed by atoms with van der Waals surface area (Å²) in [6, 6.07) is 10.7. The number of ketones is 1. The maximum atomic E-state index is 13.7. The second-order valence-electron chi connectivity index (χ2n) is 10.9. The van der Waals surface area contributed by atoms with Gasteiger partial charge in [0.1, 0.15) is 11.5 Å². The number of carbonyl (C=O) groups excluding carboxylic acids is 2. The third-order valence-electron chi connectivity index (χ3n) is 7.73. The Hall–Kier alpha value is -4.61. The number of urea groups is 1. The first-order chi connectivity index (χ1) is 20.6. The molecule has 3 N–H and O–H groups in total. The number of carbonyl (C=O) groups is 2. The van der Waals surface area contributed by atoms with Crippen LogP contribution in [0.2, 0.25) is 0 Å².